The van der Waals surface area contributed by atoms with Crippen molar-refractivity contribution in [2.24, 2.45) is 0 Å². The van der Waals surface area contributed by atoms with Crippen LogP contribution >= 0.6 is 11.6 Å². The van der Waals surface area contributed by atoms with Gasteiger partial charge in [0.05, 0.1) is 52.0 Å². The minimum Gasteiger partial charge on any atom is -0.377 e. The summed E-state index contributed by atoms with van der Waals surface area (Å²) in [5.41, 5.74) is -0.113. The van der Waals surface area contributed by atoms with E-state index < -0.39 is 21.8 Å². The van der Waals surface area contributed by atoms with Crippen LogP contribution in [-0.2, 0) is 14.6 Å². The van der Waals surface area contributed by atoms with Crippen molar-refractivity contribution in [1.82, 2.24) is 24.3 Å². The van der Waals surface area contributed by atoms with Crippen LogP contribution < -0.4 is 15.5 Å². The molecule has 3 fully saturated rings. The summed E-state index contributed by atoms with van der Waals surface area (Å²) >= 11 is 6.87. The lowest BCUT2D eigenvalue weighted by atomic mass is 9.96. The molecule has 46 heavy (non-hydrogen) atoms. The van der Waals surface area contributed by atoms with Gasteiger partial charge in [-0.25, -0.2) is 17.2 Å². The molecule has 0 unspecified atom stereocenters. The number of hydrogen-bond acceptors (Lipinski definition) is 11. The maximum atomic E-state index is 14.1. The quantitative estimate of drug-likeness (QED) is 0.250. The van der Waals surface area contributed by atoms with Gasteiger partial charge in [-0.05, 0) is 37.1 Å². The van der Waals surface area contributed by atoms with Crippen LogP contribution in [0.15, 0.2) is 53.6 Å². The number of nitrogens with zero attached hydrogens (tertiary/aromatic N) is 7. The smallest absolute Gasteiger partial charge is 0.264 e. The highest BCUT2D eigenvalue weighted by Crippen LogP contribution is 2.40. The number of nitrogens with one attached hydrogen (secondary N) is 2. The van der Waals surface area contributed by atoms with Crippen LogP contribution in [0.1, 0.15) is 30.5 Å². The highest BCUT2D eigenvalue weighted by Gasteiger charge is 2.48. The number of nitriles is 1. The Bertz CT molecular complexity index is 1920. The van der Waals surface area contributed by atoms with E-state index in [4.69, 9.17) is 16.3 Å². The number of benzene rings is 2. The first kappa shape index (κ1) is 30.5. The minimum atomic E-state index is -3.56. The van der Waals surface area contributed by atoms with Gasteiger partial charge in [0.15, 0.2) is 15.5 Å². The highest BCUT2D eigenvalue weighted by atomic mass is 35.5. The molecule has 2 saturated heterocycles. The number of anilines is 4. The topological polar surface area (TPSA) is 141 Å². The number of hydrogen-bond donors (Lipinski definition) is 2. The predicted molar refractivity (Wildman–Crippen MR) is 168 cm³/mol. The maximum absolute atomic E-state index is 14.1. The molecular weight excluding hydrogens is 640 g/mol. The van der Waals surface area contributed by atoms with Crippen molar-refractivity contribution in [2.45, 2.75) is 35.7 Å². The molecule has 0 amide bonds. The van der Waals surface area contributed by atoms with Gasteiger partial charge < -0.3 is 20.3 Å². The van der Waals surface area contributed by atoms with E-state index in [2.05, 4.69) is 30.5 Å². The van der Waals surface area contributed by atoms with Crippen molar-refractivity contribution in [1.29, 1.82) is 5.26 Å². The lowest BCUT2D eigenvalue weighted by Crippen LogP contribution is -2.69. The molecule has 2 aromatic heterocycles. The van der Waals surface area contributed by atoms with Gasteiger partial charge in [0, 0.05) is 37.8 Å². The van der Waals surface area contributed by atoms with Crippen LogP contribution in [-0.4, -0.2) is 89.4 Å². The first-order valence-electron chi connectivity index (χ1n) is 14.8. The van der Waals surface area contributed by atoms with E-state index in [9.17, 15) is 22.5 Å². The van der Waals surface area contributed by atoms with Gasteiger partial charge >= 0.3 is 0 Å². The molecule has 3 aliphatic rings. The summed E-state index contributed by atoms with van der Waals surface area (Å²) < 4.78 is 61.9. The zero-order chi connectivity index (χ0) is 32.1. The molecule has 0 spiro atoms. The highest BCUT2D eigenvalue weighted by molar-refractivity contribution is 7.91. The standard InChI is InChI=1S/C30H30ClF2N9O3S/c31-25-23(37-27-38-28(35-20-6-7-20)42-15-21(14-34)36-29(42)39-27)12-19(26(32)33)13-24(25)40-8-10-41(11-9-40)30(16-45-17-30)18-46(43,44)22-4-2-1-3-5-22/h1-5,12-13,15,20,26H,6-11,16-18H2,(H2,35,36,37,38,39). The van der Waals surface area contributed by atoms with Crippen LogP contribution in [0.5, 0.6) is 0 Å². The molecule has 240 valence electrons. The Hall–Kier alpha value is -4.10. The van der Waals surface area contributed by atoms with E-state index >= 15 is 0 Å². The number of rotatable bonds is 10. The second-order valence-electron chi connectivity index (χ2n) is 11.8. The summed E-state index contributed by atoms with van der Waals surface area (Å²) in [4.78, 5) is 17.5. The van der Waals surface area contributed by atoms with Gasteiger partial charge in [0.25, 0.3) is 6.43 Å². The lowest BCUT2D eigenvalue weighted by molar-refractivity contribution is -0.129. The van der Waals surface area contributed by atoms with Crippen molar-refractivity contribution >= 4 is 50.5 Å². The lowest BCUT2D eigenvalue weighted by Gasteiger charge is -2.52. The summed E-state index contributed by atoms with van der Waals surface area (Å²) in [5.74, 6) is 0.650. The van der Waals surface area contributed by atoms with Crippen LogP contribution in [0.25, 0.3) is 5.78 Å². The maximum Gasteiger partial charge on any atom is 0.264 e. The molecule has 2 N–H and O–H groups in total. The Kier molecular flexibility index (Phi) is 7.92. The summed E-state index contributed by atoms with van der Waals surface area (Å²) in [7, 11) is -3.56. The number of ether oxygens (including phenoxy) is 1. The Morgan fingerprint density at radius 2 is 1.83 bits per heavy atom. The summed E-state index contributed by atoms with van der Waals surface area (Å²) in [5, 5.41) is 15.9. The fourth-order valence-corrected chi connectivity index (χ4v) is 7.95. The number of halogens is 3. The molecule has 2 aliphatic heterocycles. The van der Waals surface area contributed by atoms with Crippen LogP contribution in [0, 0.1) is 11.3 Å². The third kappa shape index (κ3) is 5.93. The van der Waals surface area contributed by atoms with Crippen LogP contribution in [0.3, 0.4) is 0 Å². The van der Waals surface area contributed by atoms with Crippen molar-refractivity contribution in [3.63, 3.8) is 0 Å². The van der Waals surface area contributed by atoms with Crippen molar-refractivity contribution in [3.05, 3.63) is 64.9 Å². The van der Waals surface area contributed by atoms with Crippen LogP contribution in [0.4, 0.5) is 32.1 Å². The van der Waals surface area contributed by atoms with Crippen molar-refractivity contribution < 1.29 is 21.9 Å². The van der Waals surface area contributed by atoms with Crippen molar-refractivity contribution in [3.8, 4) is 6.07 Å². The van der Waals surface area contributed by atoms with E-state index in [1.807, 2.05) is 11.0 Å². The molecule has 16 heteroatoms. The predicted octanol–water partition coefficient (Wildman–Crippen LogP) is 4.27. The molecular formula is C30H30ClF2N9O3S. The first-order chi connectivity index (χ1) is 22.1. The average molecular weight is 670 g/mol. The van der Waals surface area contributed by atoms with E-state index in [1.165, 1.54) is 18.3 Å². The van der Waals surface area contributed by atoms with E-state index in [0.717, 1.165) is 12.8 Å². The Labute approximate surface area is 268 Å². The van der Waals surface area contributed by atoms with E-state index in [-0.39, 0.29) is 50.4 Å². The number of alkyl halides is 2. The average Bonchev–Trinajstić information content (AvgIpc) is 3.75. The molecule has 2 aromatic carbocycles. The number of fused-ring (bicyclic) bond motifs is 1. The molecule has 0 radical (unpaired) electrons. The van der Waals surface area contributed by atoms with E-state index in [0.29, 0.717) is 51.0 Å². The summed E-state index contributed by atoms with van der Waals surface area (Å²) in [6.45, 7) is 2.43. The number of piperazine rings is 1. The van der Waals surface area contributed by atoms with Gasteiger partial charge in [0.1, 0.15) is 6.07 Å². The summed E-state index contributed by atoms with van der Waals surface area (Å²) in [6.07, 6.45) is 0.717. The number of sulfone groups is 1. The monoisotopic (exact) mass is 669 g/mol. The third-order valence-electron chi connectivity index (χ3n) is 8.53. The van der Waals surface area contributed by atoms with Gasteiger partial charge in [0.2, 0.25) is 17.7 Å². The van der Waals surface area contributed by atoms with Crippen LogP contribution in [0.2, 0.25) is 5.02 Å². The molecule has 4 aromatic rings. The minimum absolute atomic E-state index is 0.0754. The molecule has 0 bridgehead atoms. The Balaban J connectivity index is 1.13. The molecule has 12 nitrogen and oxygen atoms in total. The normalized spacial score (nSPS) is 18.4. The summed E-state index contributed by atoms with van der Waals surface area (Å²) in [6, 6.07) is 13.2. The first-order valence-corrected chi connectivity index (χ1v) is 16.9. The zero-order valence-corrected chi connectivity index (χ0v) is 26.1. The second kappa shape index (κ2) is 11.9. The van der Waals surface area contributed by atoms with Gasteiger partial charge in [-0.1, -0.05) is 29.8 Å². The Morgan fingerprint density at radius 1 is 1.09 bits per heavy atom. The van der Waals surface area contributed by atoms with Gasteiger partial charge in [-0.2, -0.15) is 20.2 Å². The molecule has 4 heterocycles. The van der Waals surface area contributed by atoms with Gasteiger partial charge in [-0.15, -0.1) is 0 Å². The molecule has 1 aliphatic carbocycles. The van der Waals surface area contributed by atoms with Gasteiger partial charge in [-0.3, -0.25) is 9.30 Å². The fourth-order valence-electron chi connectivity index (χ4n) is 5.88. The van der Waals surface area contributed by atoms with E-state index in [1.54, 1.807) is 34.7 Å². The second-order valence-corrected chi connectivity index (χ2v) is 14.2. The number of imidazole rings is 1. The van der Waals surface area contributed by atoms with Crippen molar-refractivity contribution in [2.75, 3.05) is 60.7 Å². The SMILES string of the molecule is N#Cc1cn2c(NC3CC3)nc(Nc3cc(C(F)F)cc(N4CCN(C5(CS(=O)(=O)c6ccccc6)COC5)CC4)c3Cl)nc2n1. The molecule has 1 saturated carbocycles. The largest absolute Gasteiger partial charge is 0.377 e. The third-order valence-corrected chi connectivity index (χ3v) is 10.8. The zero-order valence-electron chi connectivity index (χ0n) is 24.5. The molecule has 7 rings (SSSR count). The molecule has 0 atom stereocenters. The fraction of sp³-hybridized carbons (Fsp3) is 0.400. The number of aromatic nitrogens is 4. The Morgan fingerprint density at radius 3 is 2.46 bits per heavy atom.